The Morgan fingerprint density at radius 2 is 1.74 bits per heavy atom. The van der Waals surface area contributed by atoms with Crippen molar-refractivity contribution >= 4 is 5.91 Å². The Hall–Kier alpha value is -2.73. The van der Waals surface area contributed by atoms with Crippen LogP contribution in [0.15, 0.2) is 48.5 Å². The lowest BCUT2D eigenvalue weighted by molar-refractivity contribution is 0.0630. The van der Waals surface area contributed by atoms with Gasteiger partial charge in [-0.15, -0.1) is 0 Å². The number of rotatable bonds is 6. The summed E-state index contributed by atoms with van der Waals surface area (Å²) in [5.74, 6) is 2.32. The molecule has 0 aromatic heterocycles. The molecule has 2 aliphatic rings. The highest BCUT2D eigenvalue weighted by atomic mass is 16.7. The second kappa shape index (κ2) is 8.31. The number of benzene rings is 2. The maximum atomic E-state index is 12.7. The van der Waals surface area contributed by atoms with Crippen LogP contribution in [0.1, 0.15) is 16.8 Å². The van der Waals surface area contributed by atoms with Crippen LogP contribution >= 0.6 is 0 Å². The zero-order valence-corrected chi connectivity index (χ0v) is 15.3. The molecule has 1 amide bonds. The molecule has 1 saturated heterocycles. The molecule has 0 atom stereocenters. The third-order valence-electron chi connectivity index (χ3n) is 4.91. The molecular weight excluding hydrogens is 344 g/mol. The van der Waals surface area contributed by atoms with Crippen LogP contribution in [-0.2, 0) is 0 Å². The van der Waals surface area contributed by atoms with Gasteiger partial charge in [0.1, 0.15) is 5.75 Å². The summed E-state index contributed by atoms with van der Waals surface area (Å²) in [6, 6.07) is 15.3. The number of piperazine rings is 1. The van der Waals surface area contributed by atoms with E-state index in [0.29, 0.717) is 23.7 Å². The van der Waals surface area contributed by atoms with Gasteiger partial charge in [0.15, 0.2) is 11.5 Å². The van der Waals surface area contributed by atoms with E-state index in [2.05, 4.69) is 4.90 Å². The van der Waals surface area contributed by atoms with Gasteiger partial charge in [0.2, 0.25) is 6.79 Å². The standard InChI is InChI=1S/C21H24N2O4/c24-21(17-7-8-19-20(15-17)27-16-26-19)23-12-10-22(11-13-23)9-4-14-25-18-5-2-1-3-6-18/h1-3,5-8,15H,4,9-14,16H2. The highest BCUT2D eigenvalue weighted by Crippen LogP contribution is 2.32. The summed E-state index contributed by atoms with van der Waals surface area (Å²) in [6.07, 6.45) is 0.977. The summed E-state index contributed by atoms with van der Waals surface area (Å²) in [5.41, 5.74) is 0.656. The molecule has 0 N–H and O–H groups in total. The molecule has 2 heterocycles. The first-order valence-corrected chi connectivity index (χ1v) is 9.39. The van der Waals surface area contributed by atoms with Crippen LogP contribution in [0.3, 0.4) is 0 Å². The lowest BCUT2D eigenvalue weighted by atomic mass is 10.1. The molecule has 6 heteroatoms. The zero-order chi connectivity index (χ0) is 18.5. The maximum absolute atomic E-state index is 12.7. The zero-order valence-electron chi connectivity index (χ0n) is 15.3. The first kappa shape index (κ1) is 17.7. The SMILES string of the molecule is O=C(c1ccc2c(c1)OCO2)N1CCN(CCCOc2ccccc2)CC1. The van der Waals surface area contributed by atoms with Crippen molar-refractivity contribution in [3.05, 3.63) is 54.1 Å². The number of fused-ring (bicyclic) bond motifs is 1. The van der Waals surface area contributed by atoms with Gasteiger partial charge in [0.05, 0.1) is 6.61 Å². The lowest BCUT2D eigenvalue weighted by Gasteiger charge is -2.34. The van der Waals surface area contributed by atoms with Gasteiger partial charge < -0.3 is 19.1 Å². The van der Waals surface area contributed by atoms with Crippen LogP contribution in [0.4, 0.5) is 0 Å². The first-order chi connectivity index (χ1) is 13.3. The smallest absolute Gasteiger partial charge is 0.254 e. The predicted molar refractivity (Wildman–Crippen MR) is 101 cm³/mol. The molecule has 2 aliphatic heterocycles. The molecule has 0 radical (unpaired) electrons. The third-order valence-corrected chi connectivity index (χ3v) is 4.91. The Kier molecular flexibility index (Phi) is 5.44. The summed E-state index contributed by atoms with van der Waals surface area (Å²) in [6.45, 7) is 5.18. The van der Waals surface area contributed by atoms with E-state index in [1.807, 2.05) is 41.3 Å². The van der Waals surface area contributed by atoms with E-state index in [-0.39, 0.29) is 12.7 Å². The van der Waals surface area contributed by atoms with Crippen molar-refractivity contribution < 1.29 is 19.0 Å². The fraction of sp³-hybridized carbons (Fsp3) is 0.381. The van der Waals surface area contributed by atoms with E-state index >= 15 is 0 Å². The normalized spacial score (nSPS) is 16.4. The highest BCUT2D eigenvalue weighted by Gasteiger charge is 2.23. The fourth-order valence-corrected chi connectivity index (χ4v) is 3.38. The summed E-state index contributed by atoms with van der Waals surface area (Å²) < 4.78 is 16.4. The van der Waals surface area contributed by atoms with Gasteiger partial charge in [0.25, 0.3) is 5.91 Å². The summed E-state index contributed by atoms with van der Waals surface area (Å²) in [4.78, 5) is 17.0. The van der Waals surface area contributed by atoms with Crippen molar-refractivity contribution in [1.82, 2.24) is 9.80 Å². The number of hydrogen-bond donors (Lipinski definition) is 0. The molecule has 0 aliphatic carbocycles. The molecule has 6 nitrogen and oxygen atoms in total. The van der Waals surface area contributed by atoms with E-state index in [1.165, 1.54) is 0 Å². The molecule has 142 valence electrons. The quantitative estimate of drug-likeness (QED) is 0.734. The van der Waals surface area contributed by atoms with Crippen LogP contribution in [0.5, 0.6) is 17.2 Å². The highest BCUT2D eigenvalue weighted by molar-refractivity contribution is 5.95. The number of hydrogen-bond acceptors (Lipinski definition) is 5. The molecule has 0 spiro atoms. The number of nitrogens with zero attached hydrogens (tertiary/aromatic N) is 2. The molecule has 2 aromatic carbocycles. The molecule has 0 saturated carbocycles. The second-order valence-electron chi connectivity index (χ2n) is 6.72. The molecular formula is C21H24N2O4. The van der Waals surface area contributed by atoms with Gasteiger partial charge in [0, 0.05) is 38.3 Å². The number of para-hydroxylation sites is 1. The van der Waals surface area contributed by atoms with Crippen molar-refractivity contribution in [2.45, 2.75) is 6.42 Å². The van der Waals surface area contributed by atoms with E-state index in [9.17, 15) is 4.79 Å². The average molecular weight is 368 g/mol. The Bertz CT molecular complexity index is 773. The molecule has 27 heavy (non-hydrogen) atoms. The minimum Gasteiger partial charge on any atom is -0.494 e. The van der Waals surface area contributed by atoms with Crippen molar-refractivity contribution in [2.75, 3.05) is 46.1 Å². The Morgan fingerprint density at radius 1 is 0.963 bits per heavy atom. The van der Waals surface area contributed by atoms with E-state index < -0.39 is 0 Å². The van der Waals surface area contributed by atoms with Gasteiger partial charge in [-0.05, 0) is 36.8 Å². The molecule has 0 unspecified atom stereocenters. The molecule has 2 aromatic rings. The van der Waals surface area contributed by atoms with Crippen molar-refractivity contribution in [1.29, 1.82) is 0 Å². The largest absolute Gasteiger partial charge is 0.494 e. The minimum atomic E-state index is 0.0559. The number of ether oxygens (including phenoxy) is 3. The van der Waals surface area contributed by atoms with Crippen molar-refractivity contribution in [3.63, 3.8) is 0 Å². The average Bonchev–Trinajstić information content (AvgIpc) is 3.20. The van der Waals surface area contributed by atoms with Gasteiger partial charge in [-0.1, -0.05) is 18.2 Å². The summed E-state index contributed by atoms with van der Waals surface area (Å²) in [7, 11) is 0. The lowest BCUT2D eigenvalue weighted by Crippen LogP contribution is -2.49. The van der Waals surface area contributed by atoms with Crippen LogP contribution < -0.4 is 14.2 Å². The molecule has 4 rings (SSSR count). The van der Waals surface area contributed by atoms with Crippen LogP contribution in [0.25, 0.3) is 0 Å². The topological polar surface area (TPSA) is 51.2 Å². The van der Waals surface area contributed by atoms with Crippen LogP contribution in [-0.4, -0.2) is 61.8 Å². The van der Waals surface area contributed by atoms with E-state index in [1.54, 1.807) is 12.1 Å². The van der Waals surface area contributed by atoms with Gasteiger partial charge in [-0.2, -0.15) is 0 Å². The Balaban J connectivity index is 1.20. The molecule has 0 bridgehead atoms. The second-order valence-corrected chi connectivity index (χ2v) is 6.72. The molecule has 1 fully saturated rings. The Labute approximate surface area is 159 Å². The Morgan fingerprint density at radius 3 is 2.56 bits per heavy atom. The van der Waals surface area contributed by atoms with Crippen molar-refractivity contribution in [2.24, 2.45) is 0 Å². The fourth-order valence-electron chi connectivity index (χ4n) is 3.38. The summed E-state index contributed by atoms with van der Waals surface area (Å²) >= 11 is 0. The summed E-state index contributed by atoms with van der Waals surface area (Å²) in [5, 5.41) is 0. The van der Waals surface area contributed by atoms with Crippen molar-refractivity contribution in [3.8, 4) is 17.2 Å². The first-order valence-electron chi connectivity index (χ1n) is 9.39. The van der Waals surface area contributed by atoms with E-state index in [4.69, 9.17) is 14.2 Å². The van der Waals surface area contributed by atoms with Crippen LogP contribution in [0.2, 0.25) is 0 Å². The van der Waals surface area contributed by atoms with Crippen LogP contribution in [0, 0.1) is 0 Å². The van der Waals surface area contributed by atoms with E-state index in [0.717, 1.165) is 44.9 Å². The monoisotopic (exact) mass is 368 g/mol. The van der Waals surface area contributed by atoms with Gasteiger partial charge in [-0.25, -0.2) is 0 Å². The van der Waals surface area contributed by atoms with Gasteiger partial charge >= 0.3 is 0 Å². The number of carbonyl (C=O) groups is 1. The number of amides is 1. The van der Waals surface area contributed by atoms with Gasteiger partial charge in [-0.3, -0.25) is 9.69 Å². The number of carbonyl (C=O) groups excluding carboxylic acids is 1. The third kappa shape index (κ3) is 4.34. The maximum Gasteiger partial charge on any atom is 0.254 e. The minimum absolute atomic E-state index is 0.0559. The predicted octanol–water partition coefficient (Wildman–Crippen LogP) is 2.64.